The van der Waals surface area contributed by atoms with Crippen molar-refractivity contribution in [2.75, 3.05) is 0 Å². The van der Waals surface area contributed by atoms with E-state index < -0.39 is 0 Å². The topological polar surface area (TPSA) is 42.2 Å². The summed E-state index contributed by atoms with van der Waals surface area (Å²) < 4.78 is 1.76. The Morgan fingerprint density at radius 2 is 1.75 bits per heavy atom. The van der Waals surface area contributed by atoms with Crippen molar-refractivity contribution in [3.63, 3.8) is 0 Å². The fourth-order valence-corrected chi connectivity index (χ4v) is 2.35. The van der Waals surface area contributed by atoms with E-state index in [1.54, 1.807) is 10.6 Å². The highest BCUT2D eigenvalue weighted by molar-refractivity contribution is 5.60. The highest BCUT2D eigenvalue weighted by Gasteiger charge is 2.09. The third-order valence-corrected chi connectivity index (χ3v) is 3.53. The molecule has 1 aromatic carbocycles. The number of aliphatic hydroxyl groups is 1. The number of hydrogen-bond donors (Lipinski definition) is 1. The van der Waals surface area contributed by atoms with Gasteiger partial charge in [-0.3, -0.25) is 4.79 Å². The fraction of sp³-hybridized carbons (Fsp3) is 0.353. The van der Waals surface area contributed by atoms with Gasteiger partial charge in [-0.05, 0) is 36.1 Å². The van der Waals surface area contributed by atoms with E-state index in [4.69, 9.17) is 0 Å². The summed E-state index contributed by atoms with van der Waals surface area (Å²) in [5.74, 6) is 0. The van der Waals surface area contributed by atoms with Crippen molar-refractivity contribution in [1.82, 2.24) is 4.57 Å². The lowest BCUT2D eigenvalue weighted by Gasteiger charge is -2.14. The van der Waals surface area contributed by atoms with E-state index in [9.17, 15) is 9.90 Å². The Balaban J connectivity index is 2.54. The van der Waals surface area contributed by atoms with Crippen LogP contribution in [0.25, 0.3) is 11.3 Å². The van der Waals surface area contributed by atoms with Crippen molar-refractivity contribution in [2.24, 2.45) is 0 Å². The molecule has 0 amide bonds. The summed E-state index contributed by atoms with van der Waals surface area (Å²) >= 11 is 0. The van der Waals surface area contributed by atoms with Crippen LogP contribution >= 0.6 is 0 Å². The van der Waals surface area contributed by atoms with Crippen LogP contribution in [0.1, 0.15) is 31.4 Å². The minimum Gasteiger partial charge on any atom is -0.391 e. The molecule has 0 fully saturated rings. The van der Waals surface area contributed by atoms with Gasteiger partial charge in [0, 0.05) is 12.1 Å². The van der Waals surface area contributed by atoms with Gasteiger partial charge >= 0.3 is 0 Å². The van der Waals surface area contributed by atoms with Crippen LogP contribution in [0.15, 0.2) is 41.2 Å². The minimum absolute atomic E-state index is 0.0913. The Morgan fingerprint density at radius 3 is 2.30 bits per heavy atom. The quantitative estimate of drug-likeness (QED) is 0.908. The normalized spacial score (nSPS) is 10.8. The monoisotopic (exact) mass is 271 g/mol. The van der Waals surface area contributed by atoms with Crippen LogP contribution in [0.2, 0.25) is 0 Å². The molecule has 20 heavy (non-hydrogen) atoms. The Labute approximate surface area is 119 Å². The molecular weight excluding hydrogens is 250 g/mol. The zero-order valence-corrected chi connectivity index (χ0v) is 12.1. The predicted molar refractivity (Wildman–Crippen MR) is 81.7 cm³/mol. The number of aromatic nitrogens is 1. The third kappa shape index (κ3) is 2.83. The highest BCUT2D eigenvalue weighted by atomic mass is 16.3. The van der Waals surface area contributed by atoms with E-state index in [0.29, 0.717) is 12.1 Å². The number of aryl methyl sites for hydroxylation is 1. The first kappa shape index (κ1) is 14.5. The van der Waals surface area contributed by atoms with Gasteiger partial charge in [0.05, 0.1) is 12.3 Å². The van der Waals surface area contributed by atoms with Gasteiger partial charge in [-0.1, -0.05) is 38.1 Å². The molecule has 1 aromatic heterocycles. The maximum absolute atomic E-state index is 12.3. The van der Waals surface area contributed by atoms with E-state index in [1.807, 2.05) is 13.0 Å². The molecule has 0 saturated heterocycles. The summed E-state index contributed by atoms with van der Waals surface area (Å²) in [6.07, 6.45) is 1.89. The third-order valence-electron chi connectivity index (χ3n) is 3.53. The lowest BCUT2D eigenvalue weighted by atomic mass is 10.1. The summed E-state index contributed by atoms with van der Waals surface area (Å²) in [7, 11) is 0. The summed E-state index contributed by atoms with van der Waals surface area (Å²) in [6, 6.07) is 11.9. The Hall–Kier alpha value is -1.87. The molecule has 106 valence electrons. The number of rotatable bonds is 5. The molecule has 0 unspecified atom stereocenters. The zero-order chi connectivity index (χ0) is 14.5. The number of hydrogen-bond acceptors (Lipinski definition) is 2. The summed E-state index contributed by atoms with van der Waals surface area (Å²) in [4.78, 5) is 12.3. The van der Waals surface area contributed by atoms with Gasteiger partial charge in [-0.15, -0.1) is 0 Å². The lowest BCUT2D eigenvalue weighted by molar-refractivity contribution is 0.279. The van der Waals surface area contributed by atoms with E-state index in [1.165, 1.54) is 5.56 Å². The average molecular weight is 271 g/mol. The van der Waals surface area contributed by atoms with Crippen molar-refractivity contribution in [2.45, 2.75) is 39.8 Å². The highest BCUT2D eigenvalue weighted by Crippen LogP contribution is 2.19. The second-order valence-corrected chi connectivity index (χ2v) is 4.91. The Kier molecular flexibility index (Phi) is 4.74. The van der Waals surface area contributed by atoms with Crippen molar-refractivity contribution in [3.8, 4) is 11.3 Å². The largest absolute Gasteiger partial charge is 0.391 e. The summed E-state index contributed by atoms with van der Waals surface area (Å²) in [5, 5.41) is 9.23. The second-order valence-electron chi connectivity index (χ2n) is 4.91. The molecule has 0 saturated carbocycles. The first-order valence-corrected chi connectivity index (χ1v) is 7.14. The molecular formula is C17H21NO2. The van der Waals surface area contributed by atoms with Crippen LogP contribution in [-0.2, 0) is 19.6 Å². The molecule has 2 aromatic rings. The molecule has 3 heteroatoms. The van der Waals surface area contributed by atoms with Crippen LogP contribution in [0.5, 0.6) is 0 Å². The van der Waals surface area contributed by atoms with E-state index in [0.717, 1.165) is 24.1 Å². The fourth-order valence-electron chi connectivity index (χ4n) is 2.35. The summed E-state index contributed by atoms with van der Waals surface area (Å²) in [5.41, 5.74) is 3.60. The number of nitrogens with zero attached hydrogens (tertiary/aromatic N) is 1. The van der Waals surface area contributed by atoms with Gasteiger partial charge in [-0.2, -0.15) is 0 Å². The van der Waals surface area contributed by atoms with Crippen LogP contribution in [0.3, 0.4) is 0 Å². The van der Waals surface area contributed by atoms with E-state index in [-0.39, 0.29) is 12.2 Å². The molecule has 2 rings (SSSR count). The van der Waals surface area contributed by atoms with E-state index >= 15 is 0 Å². The maximum Gasteiger partial charge on any atom is 0.256 e. The predicted octanol–water partition coefficient (Wildman–Crippen LogP) is 2.98. The number of pyridine rings is 1. The lowest BCUT2D eigenvalue weighted by Crippen LogP contribution is -2.25. The van der Waals surface area contributed by atoms with Gasteiger partial charge < -0.3 is 9.67 Å². The number of aliphatic hydroxyl groups excluding tert-OH is 1. The Morgan fingerprint density at radius 1 is 1.05 bits per heavy atom. The van der Waals surface area contributed by atoms with Crippen molar-refractivity contribution in [1.29, 1.82) is 0 Å². The Bertz CT molecular complexity index is 626. The van der Waals surface area contributed by atoms with Crippen molar-refractivity contribution >= 4 is 0 Å². The van der Waals surface area contributed by atoms with Crippen LogP contribution in [0.4, 0.5) is 0 Å². The molecule has 0 radical (unpaired) electrons. The minimum atomic E-state index is -0.211. The van der Waals surface area contributed by atoms with Crippen LogP contribution < -0.4 is 5.56 Å². The molecule has 0 aliphatic carbocycles. The van der Waals surface area contributed by atoms with Gasteiger partial charge in [-0.25, -0.2) is 0 Å². The zero-order valence-electron chi connectivity index (χ0n) is 12.1. The smallest absolute Gasteiger partial charge is 0.256 e. The molecule has 0 spiro atoms. The van der Waals surface area contributed by atoms with Gasteiger partial charge in [0.1, 0.15) is 0 Å². The van der Waals surface area contributed by atoms with Gasteiger partial charge in [0.2, 0.25) is 0 Å². The van der Waals surface area contributed by atoms with Crippen molar-refractivity contribution in [3.05, 3.63) is 57.9 Å². The maximum atomic E-state index is 12.3. The molecule has 3 nitrogen and oxygen atoms in total. The molecule has 1 heterocycles. The molecule has 0 atom stereocenters. The standard InChI is InChI=1S/C17H21NO2/c1-3-11-18-16(10-9-15(12-19)17(18)20)14-7-5-13(4-2)6-8-14/h5-10,19H,3-4,11-12H2,1-2H3. The average Bonchev–Trinajstić information content (AvgIpc) is 2.49. The van der Waals surface area contributed by atoms with E-state index in [2.05, 4.69) is 31.2 Å². The molecule has 0 aliphatic rings. The van der Waals surface area contributed by atoms with Gasteiger partial charge in [0.15, 0.2) is 0 Å². The number of benzene rings is 1. The molecule has 0 aliphatic heterocycles. The first-order valence-electron chi connectivity index (χ1n) is 7.14. The molecule has 1 N–H and O–H groups in total. The van der Waals surface area contributed by atoms with Crippen LogP contribution in [0, 0.1) is 0 Å². The first-order chi connectivity index (χ1) is 9.71. The second kappa shape index (κ2) is 6.53. The summed E-state index contributed by atoms with van der Waals surface area (Å²) in [6.45, 7) is 4.62. The van der Waals surface area contributed by atoms with Gasteiger partial charge in [0.25, 0.3) is 5.56 Å². The van der Waals surface area contributed by atoms with Crippen molar-refractivity contribution < 1.29 is 5.11 Å². The molecule has 0 bridgehead atoms. The van der Waals surface area contributed by atoms with Crippen LogP contribution in [-0.4, -0.2) is 9.67 Å². The SMILES string of the molecule is CCCn1c(-c2ccc(CC)cc2)ccc(CO)c1=O.